The Morgan fingerprint density at radius 2 is 1.91 bits per heavy atom. The van der Waals surface area contributed by atoms with E-state index in [4.69, 9.17) is 4.65 Å². The molecule has 0 aromatic carbocycles. The maximum absolute atomic E-state index is 5.39. The highest BCUT2D eigenvalue weighted by Crippen LogP contribution is 2.27. The van der Waals surface area contributed by atoms with E-state index >= 15 is 0 Å². The van der Waals surface area contributed by atoms with Crippen molar-refractivity contribution in [2.75, 3.05) is 7.11 Å². The van der Waals surface area contributed by atoms with Gasteiger partial charge in [-0.3, -0.25) is 0 Å². The van der Waals surface area contributed by atoms with Crippen LogP contribution in [0.5, 0.6) is 0 Å². The Morgan fingerprint density at radius 1 is 1.18 bits per heavy atom. The molecule has 0 atom stereocenters. The Kier molecular flexibility index (Phi) is 3.19. The Morgan fingerprint density at radius 3 is 2.55 bits per heavy atom. The van der Waals surface area contributed by atoms with Gasteiger partial charge in [0, 0.05) is 15.2 Å². The minimum absolute atomic E-state index is 0.573. The van der Waals surface area contributed by atoms with Crippen LogP contribution < -0.4 is 0 Å². The first-order valence-electron chi connectivity index (χ1n) is 4.67. The van der Waals surface area contributed by atoms with Crippen molar-refractivity contribution in [3.63, 3.8) is 0 Å². The second-order valence-electron chi connectivity index (χ2n) is 4.45. The van der Waals surface area contributed by atoms with Crippen molar-refractivity contribution < 1.29 is 4.65 Å². The van der Waals surface area contributed by atoms with Gasteiger partial charge in [0.05, 0.1) is 0 Å². The molecule has 0 spiro atoms. The molecule has 1 aliphatic heterocycles. The fourth-order valence-corrected chi connectivity index (χ4v) is 4.38. The van der Waals surface area contributed by atoms with Gasteiger partial charge in [-0.2, -0.15) is 0 Å². The summed E-state index contributed by atoms with van der Waals surface area (Å²) in [5, 5.41) is 0. The number of rotatable bonds is 1. The van der Waals surface area contributed by atoms with Crippen molar-refractivity contribution in [2.24, 2.45) is 0 Å². The van der Waals surface area contributed by atoms with Gasteiger partial charge in [0.25, 0.3) is 6.92 Å². The van der Waals surface area contributed by atoms with Gasteiger partial charge >= 0.3 is 0 Å². The standard InChI is InChI=1S/C8H19BOSi/c1-10-9-5-4-7-11(2,3)8-6-9/h4-8H2,1-3H3. The van der Waals surface area contributed by atoms with Crippen molar-refractivity contribution in [1.29, 1.82) is 0 Å². The van der Waals surface area contributed by atoms with Crippen LogP contribution in [-0.2, 0) is 4.65 Å². The van der Waals surface area contributed by atoms with E-state index in [0.717, 1.165) is 0 Å². The average Bonchev–Trinajstić information content (AvgIpc) is 2.10. The zero-order valence-electron chi connectivity index (χ0n) is 8.02. The molecule has 1 aliphatic rings. The Balaban J connectivity index is 2.39. The summed E-state index contributed by atoms with van der Waals surface area (Å²) in [4.78, 5) is 0. The maximum Gasteiger partial charge on any atom is 0.292 e. The predicted octanol–water partition coefficient (Wildman–Crippen LogP) is 2.74. The van der Waals surface area contributed by atoms with E-state index in [9.17, 15) is 0 Å². The SMILES string of the molecule is COB1CCC[Si](C)(C)CC1. The van der Waals surface area contributed by atoms with Gasteiger partial charge < -0.3 is 4.65 Å². The third kappa shape index (κ3) is 2.99. The summed E-state index contributed by atoms with van der Waals surface area (Å²) in [6.07, 6.45) is 4.01. The molecule has 0 bridgehead atoms. The zero-order chi connectivity index (χ0) is 8.32. The first-order chi connectivity index (χ1) is 5.14. The molecule has 0 aromatic rings. The van der Waals surface area contributed by atoms with Gasteiger partial charge in [-0.05, 0) is 12.6 Å². The van der Waals surface area contributed by atoms with E-state index in [0.29, 0.717) is 6.92 Å². The highest BCUT2D eigenvalue weighted by atomic mass is 28.3. The van der Waals surface area contributed by atoms with Crippen LogP contribution in [-0.4, -0.2) is 22.1 Å². The quantitative estimate of drug-likeness (QED) is 0.550. The molecule has 1 fully saturated rings. The van der Waals surface area contributed by atoms with Gasteiger partial charge in [-0.15, -0.1) is 0 Å². The molecule has 1 nitrogen and oxygen atoms in total. The molecule has 0 aliphatic carbocycles. The average molecular weight is 170 g/mol. The van der Waals surface area contributed by atoms with Gasteiger partial charge in [-0.1, -0.05) is 31.6 Å². The molecule has 1 saturated heterocycles. The molecule has 11 heavy (non-hydrogen) atoms. The topological polar surface area (TPSA) is 9.23 Å². The van der Waals surface area contributed by atoms with Crippen molar-refractivity contribution in [3.8, 4) is 0 Å². The summed E-state index contributed by atoms with van der Waals surface area (Å²) >= 11 is 0. The molecule has 64 valence electrons. The first-order valence-corrected chi connectivity index (χ1v) is 8.08. The lowest BCUT2D eigenvalue weighted by atomic mass is 9.61. The molecule has 1 heterocycles. The lowest BCUT2D eigenvalue weighted by Gasteiger charge is -2.18. The smallest absolute Gasteiger partial charge is 0.292 e. The number of hydrogen-bond donors (Lipinski definition) is 0. The molecule has 0 radical (unpaired) electrons. The normalized spacial score (nSPS) is 24.8. The van der Waals surface area contributed by atoms with Crippen LogP contribution in [0, 0.1) is 0 Å². The molecule has 0 unspecified atom stereocenters. The fourth-order valence-electron chi connectivity index (χ4n) is 1.87. The zero-order valence-corrected chi connectivity index (χ0v) is 9.02. The summed E-state index contributed by atoms with van der Waals surface area (Å²) in [6.45, 7) is 5.58. The Hall–Kier alpha value is 0.242. The summed E-state index contributed by atoms with van der Waals surface area (Å²) in [5.41, 5.74) is 0. The molecule has 1 rings (SSSR count). The first kappa shape index (κ1) is 9.33. The molecule has 0 amide bonds. The van der Waals surface area contributed by atoms with Crippen LogP contribution in [0.2, 0.25) is 37.8 Å². The van der Waals surface area contributed by atoms with Gasteiger partial charge in [0.15, 0.2) is 0 Å². The van der Waals surface area contributed by atoms with E-state index in [-0.39, 0.29) is 0 Å². The third-order valence-corrected chi connectivity index (χ3v) is 6.21. The van der Waals surface area contributed by atoms with Gasteiger partial charge in [-0.25, -0.2) is 0 Å². The van der Waals surface area contributed by atoms with E-state index in [1.54, 1.807) is 0 Å². The second kappa shape index (κ2) is 3.77. The lowest BCUT2D eigenvalue weighted by molar-refractivity contribution is 0.418. The van der Waals surface area contributed by atoms with Crippen LogP contribution in [0.3, 0.4) is 0 Å². The largest absolute Gasteiger partial charge is 0.439 e. The van der Waals surface area contributed by atoms with Crippen molar-refractivity contribution in [3.05, 3.63) is 0 Å². The van der Waals surface area contributed by atoms with E-state index < -0.39 is 8.07 Å². The van der Waals surface area contributed by atoms with Crippen molar-refractivity contribution in [1.82, 2.24) is 0 Å². The molecular formula is C8H19BOSi. The molecule has 3 heteroatoms. The van der Waals surface area contributed by atoms with E-state index in [1.165, 1.54) is 31.1 Å². The second-order valence-corrected chi connectivity index (χ2v) is 9.78. The maximum atomic E-state index is 5.39. The molecule has 0 N–H and O–H groups in total. The van der Waals surface area contributed by atoms with Crippen molar-refractivity contribution in [2.45, 2.75) is 44.2 Å². The predicted molar refractivity (Wildman–Crippen MR) is 54.1 cm³/mol. The summed E-state index contributed by atoms with van der Waals surface area (Å²) in [7, 11) is 1.07. The van der Waals surface area contributed by atoms with Crippen molar-refractivity contribution >= 4 is 15.0 Å². The Labute approximate surface area is 71.6 Å². The van der Waals surface area contributed by atoms with Crippen LogP contribution in [0.15, 0.2) is 0 Å². The third-order valence-electron chi connectivity index (χ3n) is 2.86. The minimum atomic E-state index is -0.779. The summed E-state index contributed by atoms with van der Waals surface area (Å²) < 4.78 is 5.39. The number of hydrogen-bond acceptors (Lipinski definition) is 1. The molecule has 0 saturated carbocycles. The van der Waals surface area contributed by atoms with Crippen LogP contribution in [0.4, 0.5) is 0 Å². The van der Waals surface area contributed by atoms with E-state index in [1.807, 2.05) is 7.11 Å². The molecular weight excluding hydrogens is 151 g/mol. The molecule has 0 aromatic heterocycles. The lowest BCUT2D eigenvalue weighted by Crippen LogP contribution is -2.23. The van der Waals surface area contributed by atoms with Crippen LogP contribution in [0.25, 0.3) is 0 Å². The highest BCUT2D eigenvalue weighted by molar-refractivity contribution is 6.79. The summed E-state index contributed by atoms with van der Waals surface area (Å²) in [5.74, 6) is 0. The van der Waals surface area contributed by atoms with Gasteiger partial charge in [0.2, 0.25) is 0 Å². The van der Waals surface area contributed by atoms with Gasteiger partial charge in [0.1, 0.15) is 0 Å². The highest BCUT2D eigenvalue weighted by Gasteiger charge is 2.27. The Bertz CT molecular complexity index is 127. The van der Waals surface area contributed by atoms with E-state index in [2.05, 4.69) is 13.1 Å². The minimum Gasteiger partial charge on any atom is -0.439 e. The monoisotopic (exact) mass is 170 g/mol. The fraction of sp³-hybridized carbons (Fsp3) is 1.00. The van der Waals surface area contributed by atoms with Crippen LogP contribution >= 0.6 is 0 Å². The van der Waals surface area contributed by atoms with Crippen LogP contribution in [0.1, 0.15) is 6.42 Å². The summed E-state index contributed by atoms with van der Waals surface area (Å²) in [6, 6.07) is 2.97.